The third kappa shape index (κ3) is 4.79. The average Bonchev–Trinajstić information content (AvgIpc) is 3.42. The molecule has 0 radical (unpaired) electrons. The maximum Gasteiger partial charge on any atom is 0.308 e. The summed E-state index contributed by atoms with van der Waals surface area (Å²) in [5, 5.41) is 22.2. The van der Waals surface area contributed by atoms with Crippen molar-refractivity contribution in [3.63, 3.8) is 0 Å². The lowest BCUT2D eigenvalue weighted by molar-refractivity contribution is -0.436. The highest BCUT2D eigenvalue weighted by Gasteiger charge is 2.64. The summed E-state index contributed by atoms with van der Waals surface area (Å²) >= 11 is 7.51. The zero-order valence-electron chi connectivity index (χ0n) is 22.1. The maximum atomic E-state index is 13.8. The third-order valence-corrected chi connectivity index (χ3v) is 9.06. The number of β-lactam (4-membered cyclic amide) rings is 1. The Hall–Kier alpha value is -4.32. The molecule has 5 rings (SSSR count). The number of thioether (sulfide) groups is 1. The first-order valence-corrected chi connectivity index (χ1v) is 14.8. The SMILES string of the molecule is CCO/N=C(\C(=O)NC1(C=S)C(=O)N2C(C(=O)[O-])=C(C3=[N+](c4ccccc4)CC=C(N)N3N)CS[C@H]21)c1csc(N)n1. The molecule has 1 aromatic carbocycles. The number of nitrogen functional groups attached to an aromatic ring is 1. The predicted octanol–water partition coefficient (Wildman–Crippen LogP) is -1.03. The Kier molecular flexibility index (Phi) is 8.00. The molecule has 1 fully saturated rings. The predicted molar refractivity (Wildman–Crippen MR) is 159 cm³/mol. The number of oxime groups is 1. The van der Waals surface area contributed by atoms with Crippen LogP contribution in [0.2, 0.25) is 0 Å². The van der Waals surface area contributed by atoms with Gasteiger partial charge < -0.3 is 31.5 Å². The Labute approximate surface area is 253 Å². The third-order valence-electron chi connectivity index (χ3n) is 6.66. The van der Waals surface area contributed by atoms with Crippen molar-refractivity contribution in [2.75, 3.05) is 24.6 Å². The molecule has 2 aromatic rings. The van der Waals surface area contributed by atoms with E-state index in [1.807, 2.05) is 30.3 Å². The minimum atomic E-state index is -1.74. The number of hydrogen-bond acceptors (Lipinski definition) is 14. The standard InChI is InChI=1S/C25H25N9O5S3/c1-2-39-31-17(15-11-42-24(27)29-15)19(35)30-25(12-40)22(38)33-18(21(36)37)14(10-41-23(25)33)20-32(9-8-16(26)34(20)28)13-6-4-3-5-7-13/h3-8,11-12,23H,2,9-10,26,28H2,1H3,(H3-,27,29,30,35,36,37)/b31-17-/t23-,25?/m0/s1. The van der Waals surface area contributed by atoms with E-state index in [1.165, 1.54) is 22.2 Å². The Morgan fingerprint density at radius 3 is 2.71 bits per heavy atom. The van der Waals surface area contributed by atoms with Gasteiger partial charge in [0, 0.05) is 22.6 Å². The number of hydrogen-bond donors (Lipinski definition) is 4. The second kappa shape index (κ2) is 11.5. The van der Waals surface area contributed by atoms with Crippen LogP contribution in [0.4, 0.5) is 10.8 Å². The number of nitrogens with two attached hydrogens (primary N) is 3. The van der Waals surface area contributed by atoms with Crippen molar-refractivity contribution in [3.05, 3.63) is 64.6 Å². The quantitative estimate of drug-likeness (QED) is 0.0657. The van der Waals surface area contributed by atoms with Crippen LogP contribution >= 0.6 is 35.3 Å². The number of rotatable bonds is 9. The van der Waals surface area contributed by atoms with Crippen molar-refractivity contribution in [1.29, 1.82) is 0 Å². The molecule has 0 aliphatic carbocycles. The molecule has 0 saturated carbocycles. The van der Waals surface area contributed by atoms with Gasteiger partial charge in [0.05, 0.1) is 17.2 Å². The first kappa shape index (κ1) is 29.2. The smallest absolute Gasteiger partial charge is 0.308 e. The van der Waals surface area contributed by atoms with Crippen LogP contribution in [0.5, 0.6) is 0 Å². The highest BCUT2D eigenvalue weighted by atomic mass is 32.2. The van der Waals surface area contributed by atoms with Gasteiger partial charge in [0.2, 0.25) is 5.82 Å². The monoisotopic (exact) mass is 627 g/mol. The molecule has 1 saturated heterocycles. The molecule has 1 unspecified atom stereocenters. The Bertz CT molecular complexity index is 1600. The number of fused-ring (bicyclic) bond motifs is 1. The summed E-state index contributed by atoms with van der Waals surface area (Å²) in [5.41, 5.74) is 10.6. The molecule has 3 aliphatic rings. The van der Waals surface area contributed by atoms with Gasteiger partial charge in [0.1, 0.15) is 29.9 Å². The molecular weight excluding hydrogens is 603 g/mol. The minimum Gasteiger partial charge on any atom is -0.543 e. The number of carboxylic acids is 1. The molecule has 2 atom stereocenters. The molecule has 218 valence electrons. The number of aliphatic carboxylic acids is 1. The lowest BCUT2D eigenvalue weighted by Crippen LogP contribution is -2.81. The van der Waals surface area contributed by atoms with Crippen LogP contribution in [0, 0.1) is 0 Å². The fourth-order valence-electron chi connectivity index (χ4n) is 4.74. The summed E-state index contributed by atoms with van der Waals surface area (Å²) in [5.74, 6) is 3.69. The number of amides is 2. The number of benzene rings is 1. The van der Waals surface area contributed by atoms with E-state index in [2.05, 4.69) is 15.5 Å². The number of carbonyl (C=O) groups is 3. The topological polar surface area (TPSA) is 208 Å². The number of aromatic nitrogens is 1. The number of thiocarbonyl (C=S) groups is 1. The number of hydrazine groups is 1. The zero-order valence-corrected chi connectivity index (χ0v) is 24.5. The van der Waals surface area contributed by atoms with Crippen molar-refractivity contribution in [2.24, 2.45) is 16.7 Å². The van der Waals surface area contributed by atoms with Crippen molar-refractivity contribution >= 4 is 80.8 Å². The Morgan fingerprint density at radius 1 is 1.36 bits per heavy atom. The largest absolute Gasteiger partial charge is 0.543 e. The molecule has 2 amide bonds. The van der Waals surface area contributed by atoms with E-state index < -0.39 is 34.4 Å². The minimum absolute atomic E-state index is 0.0702. The lowest BCUT2D eigenvalue weighted by atomic mass is 9.87. The summed E-state index contributed by atoms with van der Waals surface area (Å²) in [4.78, 5) is 50.0. The lowest BCUT2D eigenvalue weighted by Gasteiger charge is -2.56. The van der Waals surface area contributed by atoms with Crippen LogP contribution < -0.4 is 27.7 Å². The summed E-state index contributed by atoms with van der Waals surface area (Å²) < 4.78 is 1.78. The molecule has 4 heterocycles. The van der Waals surface area contributed by atoms with Crippen LogP contribution in [0.3, 0.4) is 0 Å². The van der Waals surface area contributed by atoms with Gasteiger partial charge in [-0.25, -0.2) is 9.56 Å². The van der Waals surface area contributed by atoms with Gasteiger partial charge in [-0.2, -0.15) is 5.84 Å². The van der Waals surface area contributed by atoms with Crippen LogP contribution in [-0.2, 0) is 19.2 Å². The van der Waals surface area contributed by atoms with E-state index in [-0.39, 0.29) is 46.1 Å². The van der Waals surface area contributed by atoms with Crippen LogP contribution in [0.15, 0.2) is 64.0 Å². The molecule has 42 heavy (non-hydrogen) atoms. The van der Waals surface area contributed by atoms with Crippen LogP contribution in [0.25, 0.3) is 0 Å². The summed E-state index contributed by atoms with van der Waals surface area (Å²) in [6.07, 6.45) is 1.69. The number of carboxylic acid groups (broad SMARTS) is 1. The number of amidine groups is 1. The van der Waals surface area contributed by atoms with Gasteiger partial charge >= 0.3 is 5.84 Å². The summed E-state index contributed by atoms with van der Waals surface area (Å²) in [7, 11) is 0. The van der Waals surface area contributed by atoms with Crippen molar-refractivity contribution in [3.8, 4) is 0 Å². The normalized spacial score (nSPS) is 22.3. The zero-order chi connectivity index (χ0) is 30.2. The number of nitrogens with zero attached hydrogens (tertiary/aromatic N) is 5. The average molecular weight is 628 g/mol. The van der Waals surface area contributed by atoms with E-state index in [0.717, 1.165) is 27.3 Å². The Balaban J connectivity index is 1.54. The fourth-order valence-corrected chi connectivity index (χ4v) is 7.09. The van der Waals surface area contributed by atoms with Gasteiger partial charge in [0.15, 0.2) is 16.4 Å². The van der Waals surface area contributed by atoms with E-state index in [1.54, 1.807) is 17.6 Å². The maximum absolute atomic E-state index is 13.8. The summed E-state index contributed by atoms with van der Waals surface area (Å²) in [6, 6.07) is 9.16. The number of anilines is 1. The molecule has 0 bridgehead atoms. The number of nitrogens with one attached hydrogen (secondary N) is 1. The van der Waals surface area contributed by atoms with Gasteiger partial charge in [-0.15, -0.1) is 28.1 Å². The fraction of sp³-hybridized carbons (Fsp3) is 0.240. The van der Waals surface area contributed by atoms with Crippen molar-refractivity contribution < 1.29 is 28.9 Å². The Morgan fingerprint density at radius 2 is 2.10 bits per heavy atom. The second-order valence-electron chi connectivity index (χ2n) is 9.09. The van der Waals surface area contributed by atoms with Crippen LogP contribution in [-0.4, -0.2) is 84.0 Å². The molecule has 0 spiro atoms. The number of para-hydroxylation sites is 1. The summed E-state index contributed by atoms with van der Waals surface area (Å²) in [6.45, 7) is 2.15. The second-order valence-corrected chi connectivity index (χ2v) is 11.3. The molecule has 3 aliphatic heterocycles. The number of thiazole rings is 1. The van der Waals surface area contributed by atoms with Crippen LogP contribution in [0.1, 0.15) is 12.6 Å². The van der Waals surface area contributed by atoms with Gasteiger partial charge in [-0.3, -0.25) is 14.5 Å². The first-order valence-electron chi connectivity index (χ1n) is 12.4. The molecule has 14 nitrogen and oxygen atoms in total. The van der Waals surface area contributed by atoms with Crippen molar-refractivity contribution in [1.82, 2.24) is 20.2 Å². The van der Waals surface area contributed by atoms with Crippen molar-refractivity contribution in [2.45, 2.75) is 17.8 Å². The molecule has 17 heteroatoms. The van der Waals surface area contributed by atoms with E-state index >= 15 is 0 Å². The molecule has 1 aromatic heterocycles. The molecular formula is C25H25N9O5S3. The van der Waals surface area contributed by atoms with E-state index in [9.17, 15) is 19.5 Å². The highest BCUT2D eigenvalue weighted by Crippen LogP contribution is 2.46. The van der Waals surface area contributed by atoms with Gasteiger partial charge in [0.25, 0.3) is 11.8 Å². The van der Waals surface area contributed by atoms with Gasteiger partial charge in [-0.1, -0.05) is 35.6 Å². The molecule has 7 N–H and O–H groups in total. The van der Waals surface area contributed by atoms with E-state index in [0.29, 0.717) is 6.54 Å². The van der Waals surface area contributed by atoms with Gasteiger partial charge in [-0.05, 0) is 19.1 Å². The number of carbonyl (C=O) groups excluding carboxylic acids is 3. The highest BCUT2D eigenvalue weighted by molar-refractivity contribution is 8.00. The first-order chi connectivity index (χ1) is 20.1. The van der Waals surface area contributed by atoms with E-state index in [4.69, 9.17) is 34.4 Å².